The summed E-state index contributed by atoms with van der Waals surface area (Å²) in [5, 5.41) is 2.77. The van der Waals surface area contributed by atoms with Gasteiger partial charge in [0.15, 0.2) is 5.71 Å². The standard InChI is InChI=1S/C43H50N4O9S2/c1-42(2)33-27-31(57(51,52)53)15-17-35(33)45(5)37(42)19-13-29-10-9-11-30(26-29)14-20-38-43(3,4)34-28-32(58(54,55)56)16-18-36(34)46(38)24-8-6-7-12-39(48)44-23-25-47-40(49)21-22-41(47)50/h13-22,26-28H,6-12,23-25H2,1-5H3,(H2-,44,48,51,52,53,54,55,56)/p+1. The number of nitrogens with zero attached hydrogens (tertiary/aromatic N) is 3. The van der Waals surface area contributed by atoms with E-state index in [2.05, 4.69) is 40.6 Å². The lowest BCUT2D eigenvalue weighted by Crippen LogP contribution is -2.38. The van der Waals surface area contributed by atoms with Crippen molar-refractivity contribution in [3.05, 3.63) is 107 Å². The maximum Gasteiger partial charge on any atom is 0.294 e. The Kier molecular flexibility index (Phi) is 12.0. The third-order valence-electron chi connectivity index (χ3n) is 11.5. The van der Waals surface area contributed by atoms with Gasteiger partial charge in [0.2, 0.25) is 11.6 Å². The normalized spacial score (nSPS) is 20.2. The molecule has 308 valence electrons. The SMILES string of the molecule is C[N+]1=C(/C=C/C2=CC(=C\C=C3/N(CCCCCC(=O)NCCN4C(=O)C=CC4=O)c4ccc(S(=O)(=O)O)cc4C3(C)C)/CCC2)C(C)(C)c2cc(S(=O)(=O)O)ccc21. The van der Waals surface area contributed by atoms with E-state index in [1.54, 1.807) is 18.2 Å². The van der Waals surface area contributed by atoms with Crippen LogP contribution in [-0.2, 0) is 45.4 Å². The number of rotatable bonds is 14. The van der Waals surface area contributed by atoms with Gasteiger partial charge in [-0.1, -0.05) is 38.5 Å². The predicted molar refractivity (Wildman–Crippen MR) is 221 cm³/mol. The van der Waals surface area contributed by atoms with Crippen LogP contribution in [0.2, 0.25) is 0 Å². The number of allylic oxidation sites excluding steroid dienone is 8. The van der Waals surface area contributed by atoms with E-state index in [1.165, 1.54) is 30.4 Å². The first-order chi connectivity index (χ1) is 27.2. The van der Waals surface area contributed by atoms with E-state index < -0.39 is 31.1 Å². The summed E-state index contributed by atoms with van der Waals surface area (Å²) in [5.74, 6) is -0.926. The number of amides is 3. The second-order valence-corrected chi connectivity index (χ2v) is 19.0. The van der Waals surface area contributed by atoms with E-state index in [4.69, 9.17) is 0 Å². The molecule has 0 unspecified atom stereocenters. The minimum absolute atomic E-state index is 0.119. The third kappa shape index (κ3) is 8.87. The van der Waals surface area contributed by atoms with Gasteiger partial charge in [-0.3, -0.25) is 28.4 Å². The summed E-state index contributed by atoms with van der Waals surface area (Å²) in [6.07, 6.45) is 18.1. The van der Waals surface area contributed by atoms with Crippen LogP contribution in [-0.4, -0.2) is 85.5 Å². The first kappa shape index (κ1) is 42.6. The number of fused-ring (bicyclic) bond motifs is 2. The molecule has 2 aromatic rings. The molecule has 4 aliphatic rings. The number of anilines is 1. The van der Waals surface area contributed by atoms with Crippen LogP contribution in [0.25, 0.3) is 0 Å². The number of unbranched alkanes of at least 4 members (excludes halogenated alkanes) is 2. The quantitative estimate of drug-likeness (QED) is 0.0876. The molecule has 0 aromatic heterocycles. The number of benzene rings is 2. The maximum atomic E-state index is 12.5. The summed E-state index contributed by atoms with van der Waals surface area (Å²) in [5.41, 5.74) is 6.47. The topological polar surface area (TPSA) is 181 Å². The third-order valence-corrected chi connectivity index (χ3v) is 13.2. The van der Waals surface area contributed by atoms with E-state index in [0.29, 0.717) is 19.4 Å². The lowest BCUT2D eigenvalue weighted by Gasteiger charge is -2.27. The van der Waals surface area contributed by atoms with Gasteiger partial charge in [0, 0.05) is 72.7 Å². The molecule has 6 rings (SSSR count). The average Bonchev–Trinajstić information content (AvgIpc) is 3.66. The molecule has 3 N–H and O–H groups in total. The van der Waals surface area contributed by atoms with Crippen molar-refractivity contribution >= 4 is 55.0 Å². The van der Waals surface area contributed by atoms with Crippen LogP contribution in [0.1, 0.15) is 83.8 Å². The predicted octanol–water partition coefficient (Wildman–Crippen LogP) is 6.06. The fourth-order valence-electron chi connectivity index (χ4n) is 8.32. The van der Waals surface area contributed by atoms with Gasteiger partial charge in [0.05, 0.1) is 15.2 Å². The average molecular weight is 832 g/mol. The lowest BCUT2D eigenvalue weighted by molar-refractivity contribution is -0.401. The molecule has 13 nitrogen and oxygen atoms in total. The molecule has 0 saturated heterocycles. The summed E-state index contributed by atoms with van der Waals surface area (Å²) in [6.45, 7) is 9.05. The van der Waals surface area contributed by atoms with Crippen LogP contribution in [0, 0.1) is 0 Å². The molecule has 0 radical (unpaired) electrons. The fourth-order valence-corrected chi connectivity index (χ4v) is 9.34. The highest BCUT2D eigenvalue weighted by atomic mass is 32.2. The largest absolute Gasteiger partial charge is 0.354 e. The van der Waals surface area contributed by atoms with Crippen molar-refractivity contribution in [2.24, 2.45) is 0 Å². The first-order valence-corrected chi connectivity index (χ1v) is 22.3. The van der Waals surface area contributed by atoms with E-state index in [9.17, 15) is 40.3 Å². The van der Waals surface area contributed by atoms with Crippen molar-refractivity contribution in [1.82, 2.24) is 10.2 Å². The molecule has 3 heterocycles. The van der Waals surface area contributed by atoms with Crippen LogP contribution in [0.5, 0.6) is 0 Å². The van der Waals surface area contributed by atoms with Crippen LogP contribution >= 0.6 is 0 Å². The molecule has 0 bridgehead atoms. The van der Waals surface area contributed by atoms with Crippen molar-refractivity contribution in [2.75, 3.05) is 31.6 Å². The zero-order valence-electron chi connectivity index (χ0n) is 33.5. The molecule has 0 saturated carbocycles. The van der Waals surface area contributed by atoms with Crippen LogP contribution in [0.15, 0.2) is 106 Å². The minimum Gasteiger partial charge on any atom is -0.354 e. The van der Waals surface area contributed by atoms with Gasteiger partial charge in [-0.15, -0.1) is 0 Å². The van der Waals surface area contributed by atoms with Crippen molar-refractivity contribution in [3.8, 4) is 0 Å². The Morgan fingerprint density at radius 3 is 2.14 bits per heavy atom. The second-order valence-electron chi connectivity index (χ2n) is 16.2. The lowest BCUT2D eigenvalue weighted by atomic mass is 9.81. The van der Waals surface area contributed by atoms with Crippen molar-refractivity contribution in [2.45, 2.75) is 93.3 Å². The summed E-state index contributed by atoms with van der Waals surface area (Å²) in [4.78, 5) is 38.9. The number of carbonyl (C=O) groups excluding carboxylic acids is 3. The summed E-state index contributed by atoms with van der Waals surface area (Å²) < 4.78 is 69.6. The molecule has 1 aliphatic carbocycles. The fraction of sp³-hybridized carbons (Fsp3) is 0.395. The Hall–Kier alpha value is -4.96. The van der Waals surface area contributed by atoms with Gasteiger partial charge in [-0.25, -0.2) is 0 Å². The highest BCUT2D eigenvalue weighted by Gasteiger charge is 2.44. The Bertz CT molecular complexity index is 2450. The molecule has 0 atom stereocenters. The highest BCUT2D eigenvalue weighted by Crippen LogP contribution is 2.49. The Morgan fingerprint density at radius 1 is 0.810 bits per heavy atom. The molecule has 0 fully saturated rings. The zero-order valence-corrected chi connectivity index (χ0v) is 35.1. The van der Waals surface area contributed by atoms with Gasteiger partial charge in [-0.05, 0) is 99.1 Å². The van der Waals surface area contributed by atoms with Gasteiger partial charge in [0.1, 0.15) is 7.05 Å². The highest BCUT2D eigenvalue weighted by molar-refractivity contribution is 7.86. The Balaban J connectivity index is 1.16. The summed E-state index contributed by atoms with van der Waals surface area (Å²) >= 11 is 0. The first-order valence-electron chi connectivity index (χ1n) is 19.4. The molecule has 0 spiro atoms. The van der Waals surface area contributed by atoms with Crippen molar-refractivity contribution in [1.29, 1.82) is 0 Å². The van der Waals surface area contributed by atoms with Gasteiger partial charge in [-0.2, -0.15) is 21.4 Å². The second kappa shape index (κ2) is 16.4. The number of carbonyl (C=O) groups is 3. The minimum atomic E-state index is -4.42. The smallest absolute Gasteiger partial charge is 0.294 e. The van der Waals surface area contributed by atoms with Crippen LogP contribution in [0.3, 0.4) is 0 Å². The summed E-state index contributed by atoms with van der Waals surface area (Å²) in [7, 11) is -6.82. The Morgan fingerprint density at radius 2 is 1.47 bits per heavy atom. The van der Waals surface area contributed by atoms with E-state index in [0.717, 1.165) is 82.1 Å². The van der Waals surface area contributed by atoms with Gasteiger partial charge in [0.25, 0.3) is 32.1 Å². The number of hydrogen-bond donors (Lipinski definition) is 3. The molecular formula is C43H51N4O9S2+. The van der Waals surface area contributed by atoms with E-state index in [-0.39, 0.29) is 40.6 Å². The molecule has 58 heavy (non-hydrogen) atoms. The molecule has 2 aromatic carbocycles. The van der Waals surface area contributed by atoms with Gasteiger partial charge < -0.3 is 10.2 Å². The van der Waals surface area contributed by atoms with Crippen LogP contribution < -0.4 is 10.2 Å². The monoisotopic (exact) mass is 831 g/mol. The number of nitrogens with one attached hydrogen (secondary N) is 1. The number of hydrogen-bond acceptors (Lipinski definition) is 8. The zero-order chi connectivity index (χ0) is 42.2. The molecule has 15 heteroatoms. The van der Waals surface area contributed by atoms with Crippen molar-refractivity contribution < 1.29 is 44.9 Å². The number of imide groups is 1. The molecular weight excluding hydrogens is 781 g/mol. The molecule has 3 aliphatic heterocycles. The van der Waals surface area contributed by atoms with Gasteiger partial charge >= 0.3 is 0 Å². The Labute approximate surface area is 340 Å². The summed E-state index contributed by atoms with van der Waals surface area (Å²) in [6, 6.07) is 9.36. The van der Waals surface area contributed by atoms with Crippen molar-refractivity contribution in [3.63, 3.8) is 0 Å². The molecule has 3 amide bonds. The van der Waals surface area contributed by atoms with Crippen LogP contribution in [0.4, 0.5) is 11.4 Å². The van der Waals surface area contributed by atoms with E-state index in [1.807, 2.05) is 39.3 Å². The van der Waals surface area contributed by atoms with E-state index >= 15 is 0 Å². The maximum absolute atomic E-state index is 12.5.